The Balaban J connectivity index is 2.39. The number of nitrogens with two attached hydrogens (primary N) is 1. The number of hydrogen-bond acceptors (Lipinski definition) is 4. The number of aromatic nitrogens is 1. The molecule has 1 heterocycles. The quantitative estimate of drug-likeness (QED) is 0.351. The van der Waals surface area contributed by atoms with Crippen LogP contribution in [-0.2, 0) is 0 Å². The van der Waals surface area contributed by atoms with Gasteiger partial charge in [-0.25, -0.2) is 0 Å². The number of nitrogens with one attached hydrogen (secondary N) is 1. The zero-order chi connectivity index (χ0) is 15.4. The summed E-state index contributed by atoms with van der Waals surface area (Å²) in [5, 5.41) is 14.8. The second kappa shape index (κ2) is 6.23. The number of anilines is 1. The molecule has 6 nitrogen and oxygen atoms in total. The smallest absolute Gasteiger partial charge is 0.257 e. The number of amides is 1. The third kappa shape index (κ3) is 3.11. The Morgan fingerprint density at radius 3 is 2.86 bits per heavy atom. The minimum atomic E-state index is -0.403. The van der Waals surface area contributed by atoms with Crippen LogP contribution in [-0.4, -0.2) is 21.9 Å². The van der Waals surface area contributed by atoms with Gasteiger partial charge >= 0.3 is 0 Å². The van der Waals surface area contributed by atoms with Crippen LogP contribution in [0.5, 0.6) is 0 Å². The van der Waals surface area contributed by atoms with Crippen LogP contribution in [0.4, 0.5) is 5.69 Å². The van der Waals surface area contributed by atoms with Gasteiger partial charge in [0.15, 0.2) is 5.84 Å². The molecule has 0 atom stereocenters. The Hall–Kier alpha value is -2.60. The molecule has 1 aromatic heterocycles. The molecular formula is C14H13ClN4O2. The van der Waals surface area contributed by atoms with Crippen molar-refractivity contribution < 1.29 is 10.0 Å². The second-order valence-electron chi connectivity index (χ2n) is 4.29. The lowest BCUT2D eigenvalue weighted by atomic mass is 10.1. The maximum Gasteiger partial charge on any atom is 0.257 e. The van der Waals surface area contributed by atoms with Gasteiger partial charge in [0.1, 0.15) is 0 Å². The molecule has 108 valence electrons. The van der Waals surface area contributed by atoms with Crippen molar-refractivity contribution >= 4 is 29.0 Å². The summed E-state index contributed by atoms with van der Waals surface area (Å²) in [5.41, 5.74) is 7.60. The highest BCUT2D eigenvalue weighted by Gasteiger charge is 2.15. The van der Waals surface area contributed by atoms with E-state index in [1.807, 2.05) is 0 Å². The molecule has 0 bridgehead atoms. The van der Waals surface area contributed by atoms with Crippen molar-refractivity contribution in [3.63, 3.8) is 0 Å². The molecule has 0 aliphatic heterocycles. The predicted octanol–water partition coefficient (Wildman–Crippen LogP) is 2.39. The third-order valence-electron chi connectivity index (χ3n) is 2.90. The van der Waals surface area contributed by atoms with Gasteiger partial charge in [-0.2, -0.15) is 0 Å². The van der Waals surface area contributed by atoms with Crippen molar-refractivity contribution in [3.05, 3.63) is 58.4 Å². The van der Waals surface area contributed by atoms with E-state index in [-0.39, 0.29) is 10.9 Å². The second-order valence-corrected chi connectivity index (χ2v) is 4.70. The van der Waals surface area contributed by atoms with E-state index in [9.17, 15) is 4.79 Å². The number of hydrogen-bond donors (Lipinski definition) is 3. The molecule has 4 N–H and O–H groups in total. The first-order valence-corrected chi connectivity index (χ1v) is 6.40. The van der Waals surface area contributed by atoms with E-state index in [2.05, 4.69) is 15.5 Å². The van der Waals surface area contributed by atoms with Crippen molar-refractivity contribution in [3.8, 4) is 0 Å². The summed E-state index contributed by atoms with van der Waals surface area (Å²) in [7, 11) is 0. The number of benzene rings is 1. The SMILES string of the molecule is Cc1cccc(NC(=O)c2ccncc2Cl)c1/C(N)=N/O. The number of carbonyl (C=O) groups excluding carboxylic acids is 1. The fourth-order valence-electron chi connectivity index (χ4n) is 1.91. The molecule has 1 amide bonds. The van der Waals surface area contributed by atoms with Crippen LogP contribution < -0.4 is 11.1 Å². The Bertz CT molecular complexity index is 716. The summed E-state index contributed by atoms with van der Waals surface area (Å²) in [4.78, 5) is 16.1. The van der Waals surface area contributed by atoms with Gasteiger partial charge in [-0.3, -0.25) is 9.78 Å². The van der Waals surface area contributed by atoms with Crippen LogP contribution in [0.2, 0.25) is 5.02 Å². The van der Waals surface area contributed by atoms with E-state index in [1.165, 1.54) is 18.5 Å². The van der Waals surface area contributed by atoms with Crippen molar-refractivity contribution in [2.75, 3.05) is 5.32 Å². The summed E-state index contributed by atoms with van der Waals surface area (Å²) in [6.07, 6.45) is 2.86. The van der Waals surface area contributed by atoms with Crippen LogP contribution >= 0.6 is 11.6 Å². The maximum atomic E-state index is 12.2. The van der Waals surface area contributed by atoms with Crippen molar-refractivity contribution in [1.82, 2.24) is 4.98 Å². The van der Waals surface area contributed by atoms with E-state index in [4.69, 9.17) is 22.5 Å². The standard InChI is InChI=1S/C14H13ClN4O2/c1-8-3-2-4-11(12(8)13(16)19-21)18-14(20)9-5-6-17-7-10(9)15/h2-7,21H,1H3,(H2,16,19)(H,18,20). The fourth-order valence-corrected chi connectivity index (χ4v) is 2.12. The maximum absolute atomic E-state index is 12.2. The topological polar surface area (TPSA) is 101 Å². The number of rotatable bonds is 3. The predicted molar refractivity (Wildman–Crippen MR) is 80.9 cm³/mol. The number of aryl methyl sites for hydroxylation is 1. The van der Waals surface area contributed by atoms with Crippen molar-refractivity contribution in [1.29, 1.82) is 0 Å². The summed E-state index contributed by atoms with van der Waals surface area (Å²) < 4.78 is 0. The first-order chi connectivity index (χ1) is 10.0. The number of carbonyl (C=O) groups is 1. The molecule has 0 spiro atoms. The fraction of sp³-hybridized carbons (Fsp3) is 0.0714. The molecule has 0 unspecified atom stereocenters. The van der Waals surface area contributed by atoms with E-state index in [0.29, 0.717) is 16.8 Å². The average molecular weight is 305 g/mol. The Morgan fingerprint density at radius 2 is 2.19 bits per heavy atom. The molecule has 1 aromatic carbocycles. The van der Waals surface area contributed by atoms with Gasteiger partial charge < -0.3 is 16.3 Å². The van der Waals surface area contributed by atoms with Gasteiger partial charge in [-0.1, -0.05) is 28.9 Å². The van der Waals surface area contributed by atoms with Crippen LogP contribution in [0.25, 0.3) is 0 Å². The van der Waals surface area contributed by atoms with Crippen molar-refractivity contribution in [2.24, 2.45) is 10.9 Å². The average Bonchev–Trinajstić information content (AvgIpc) is 2.47. The molecule has 2 rings (SSSR count). The largest absolute Gasteiger partial charge is 0.409 e. The summed E-state index contributed by atoms with van der Waals surface area (Å²) >= 11 is 5.93. The summed E-state index contributed by atoms with van der Waals surface area (Å²) in [6.45, 7) is 1.79. The Labute approximate surface area is 126 Å². The van der Waals surface area contributed by atoms with Crippen LogP contribution in [0, 0.1) is 6.92 Å². The molecule has 0 radical (unpaired) electrons. The van der Waals surface area contributed by atoms with Crippen LogP contribution in [0.15, 0.2) is 41.8 Å². The lowest BCUT2D eigenvalue weighted by Crippen LogP contribution is -2.20. The molecule has 0 saturated carbocycles. The monoisotopic (exact) mass is 304 g/mol. The van der Waals surface area contributed by atoms with Gasteiger partial charge in [-0.15, -0.1) is 0 Å². The van der Waals surface area contributed by atoms with E-state index in [1.54, 1.807) is 25.1 Å². The Morgan fingerprint density at radius 1 is 1.43 bits per heavy atom. The number of amidine groups is 1. The van der Waals surface area contributed by atoms with Gasteiger partial charge in [-0.05, 0) is 24.6 Å². The normalized spacial score (nSPS) is 11.2. The van der Waals surface area contributed by atoms with Gasteiger partial charge in [0.05, 0.1) is 16.3 Å². The minimum absolute atomic E-state index is 0.0794. The number of oxime groups is 1. The van der Waals surface area contributed by atoms with Gasteiger partial charge in [0.25, 0.3) is 5.91 Å². The van der Waals surface area contributed by atoms with Gasteiger partial charge in [0, 0.05) is 18.0 Å². The van der Waals surface area contributed by atoms with Gasteiger partial charge in [0.2, 0.25) is 0 Å². The number of pyridine rings is 1. The van der Waals surface area contributed by atoms with Crippen LogP contribution in [0.1, 0.15) is 21.5 Å². The lowest BCUT2D eigenvalue weighted by molar-refractivity contribution is 0.102. The van der Waals surface area contributed by atoms with Crippen LogP contribution in [0.3, 0.4) is 0 Å². The summed E-state index contributed by atoms with van der Waals surface area (Å²) in [5.74, 6) is -0.482. The van der Waals surface area contributed by atoms with E-state index >= 15 is 0 Å². The molecule has 2 aromatic rings. The van der Waals surface area contributed by atoms with Crippen molar-refractivity contribution in [2.45, 2.75) is 6.92 Å². The molecule has 0 aliphatic carbocycles. The first kappa shape index (κ1) is 14.8. The Kier molecular flexibility index (Phi) is 4.39. The van der Waals surface area contributed by atoms with E-state index < -0.39 is 5.91 Å². The zero-order valence-electron chi connectivity index (χ0n) is 11.2. The first-order valence-electron chi connectivity index (χ1n) is 6.03. The highest BCUT2D eigenvalue weighted by Crippen LogP contribution is 2.21. The molecule has 21 heavy (non-hydrogen) atoms. The number of nitrogens with zero attached hydrogens (tertiary/aromatic N) is 2. The highest BCUT2D eigenvalue weighted by molar-refractivity contribution is 6.34. The zero-order valence-corrected chi connectivity index (χ0v) is 11.9. The molecule has 7 heteroatoms. The summed E-state index contributed by atoms with van der Waals surface area (Å²) in [6, 6.07) is 6.72. The third-order valence-corrected chi connectivity index (χ3v) is 3.20. The number of halogens is 1. The lowest BCUT2D eigenvalue weighted by Gasteiger charge is -2.13. The minimum Gasteiger partial charge on any atom is -0.409 e. The molecule has 0 saturated heterocycles. The molecule has 0 fully saturated rings. The highest BCUT2D eigenvalue weighted by atomic mass is 35.5. The van der Waals surface area contributed by atoms with E-state index in [0.717, 1.165) is 5.56 Å². The molecule has 0 aliphatic rings. The molecular weight excluding hydrogens is 292 g/mol.